The Morgan fingerprint density at radius 3 is 2.41 bits per heavy atom. The fraction of sp³-hybridized carbons (Fsp3) is 0.583. The summed E-state index contributed by atoms with van der Waals surface area (Å²) in [6.07, 6.45) is 4.44. The van der Waals surface area contributed by atoms with Crippen LogP contribution in [0.15, 0.2) is 18.7 Å². The first kappa shape index (κ1) is 13.6. The zero-order chi connectivity index (χ0) is 12.8. The Morgan fingerprint density at radius 1 is 1.35 bits per heavy atom. The maximum atomic E-state index is 11.8. The highest BCUT2D eigenvalue weighted by Crippen LogP contribution is 2.06. The quantitative estimate of drug-likeness (QED) is 0.821. The van der Waals surface area contributed by atoms with Gasteiger partial charge in [0, 0.05) is 25.0 Å². The molecule has 0 aliphatic rings. The van der Waals surface area contributed by atoms with Gasteiger partial charge in [-0.3, -0.25) is 4.79 Å². The van der Waals surface area contributed by atoms with Crippen molar-refractivity contribution in [3.63, 3.8) is 0 Å². The molecular formula is C12H20N4O. The van der Waals surface area contributed by atoms with Gasteiger partial charge in [0.25, 0.3) is 5.91 Å². The first-order valence-corrected chi connectivity index (χ1v) is 5.72. The second-order valence-electron chi connectivity index (χ2n) is 4.61. The average Bonchev–Trinajstić information content (AvgIpc) is 2.29. The third kappa shape index (κ3) is 4.11. The molecule has 0 bridgehead atoms. The van der Waals surface area contributed by atoms with Crippen molar-refractivity contribution in [3.05, 3.63) is 24.3 Å². The number of hydrogen-bond acceptors (Lipinski definition) is 4. The molecule has 0 aromatic carbocycles. The molecule has 0 fully saturated rings. The third-order valence-electron chi connectivity index (χ3n) is 2.73. The van der Waals surface area contributed by atoms with Crippen LogP contribution in [-0.4, -0.2) is 47.5 Å². The van der Waals surface area contributed by atoms with Crippen LogP contribution in [0, 0.1) is 5.92 Å². The molecule has 0 radical (unpaired) electrons. The van der Waals surface area contributed by atoms with Crippen molar-refractivity contribution in [3.8, 4) is 0 Å². The molecule has 5 nitrogen and oxygen atoms in total. The third-order valence-corrected chi connectivity index (χ3v) is 2.73. The molecule has 1 amide bonds. The number of aromatic nitrogens is 2. The Bertz CT molecular complexity index is 343. The van der Waals surface area contributed by atoms with E-state index >= 15 is 0 Å². The van der Waals surface area contributed by atoms with Gasteiger partial charge in [0.05, 0.1) is 5.56 Å². The molecule has 0 unspecified atom stereocenters. The number of likely N-dealkylation sites (N-methyl/N-ethyl adjacent to an activating group) is 1. The van der Waals surface area contributed by atoms with Gasteiger partial charge in [-0.1, -0.05) is 13.8 Å². The minimum Gasteiger partial charge on any atom is -0.350 e. The highest BCUT2D eigenvalue weighted by Gasteiger charge is 2.17. The van der Waals surface area contributed by atoms with E-state index in [1.165, 1.54) is 18.7 Å². The molecule has 1 aromatic rings. The van der Waals surface area contributed by atoms with Crippen LogP contribution in [0.25, 0.3) is 0 Å². The lowest BCUT2D eigenvalue weighted by molar-refractivity contribution is 0.0934. The van der Waals surface area contributed by atoms with Crippen LogP contribution < -0.4 is 5.32 Å². The van der Waals surface area contributed by atoms with E-state index in [0.717, 1.165) is 0 Å². The number of amides is 1. The van der Waals surface area contributed by atoms with Crippen LogP contribution >= 0.6 is 0 Å². The second kappa shape index (κ2) is 6.30. The van der Waals surface area contributed by atoms with E-state index < -0.39 is 0 Å². The van der Waals surface area contributed by atoms with Crippen molar-refractivity contribution in [1.82, 2.24) is 20.2 Å². The average molecular weight is 236 g/mol. The minimum absolute atomic E-state index is 0.127. The molecule has 1 heterocycles. The molecule has 0 aliphatic carbocycles. The highest BCUT2D eigenvalue weighted by atomic mass is 16.1. The van der Waals surface area contributed by atoms with Crippen molar-refractivity contribution in [2.24, 2.45) is 5.92 Å². The van der Waals surface area contributed by atoms with Gasteiger partial charge >= 0.3 is 0 Å². The zero-order valence-electron chi connectivity index (χ0n) is 10.8. The van der Waals surface area contributed by atoms with Gasteiger partial charge in [-0.05, 0) is 20.0 Å². The van der Waals surface area contributed by atoms with Crippen LogP contribution in [0.2, 0.25) is 0 Å². The molecule has 0 saturated heterocycles. The first-order chi connectivity index (χ1) is 8.02. The van der Waals surface area contributed by atoms with Gasteiger partial charge in [0.1, 0.15) is 6.33 Å². The second-order valence-corrected chi connectivity index (χ2v) is 4.61. The van der Waals surface area contributed by atoms with E-state index in [-0.39, 0.29) is 5.91 Å². The molecule has 1 aromatic heterocycles. The van der Waals surface area contributed by atoms with Gasteiger partial charge in [-0.15, -0.1) is 0 Å². The Morgan fingerprint density at radius 2 is 1.94 bits per heavy atom. The summed E-state index contributed by atoms with van der Waals surface area (Å²) in [5.74, 6) is 0.357. The fourth-order valence-corrected chi connectivity index (χ4v) is 1.73. The summed E-state index contributed by atoms with van der Waals surface area (Å²) in [7, 11) is 4.03. The van der Waals surface area contributed by atoms with Crippen LogP contribution in [-0.2, 0) is 0 Å². The van der Waals surface area contributed by atoms with Crippen LogP contribution in [0.1, 0.15) is 24.2 Å². The summed E-state index contributed by atoms with van der Waals surface area (Å²) < 4.78 is 0. The van der Waals surface area contributed by atoms with Gasteiger partial charge in [-0.2, -0.15) is 0 Å². The van der Waals surface area contributed by atoms with E-state index in [1.54, 1.807) is 0 Å². The summed E-state index contributed by atoms with van der Waals surface area (Å²) in [5.41, 5.74) is 0.494. The summed E-state index contributed by atoms with van der Waals surface area (Å²) in [5, 5.41) is 2.90. The van der Waals surface area contributed by atoms with Crippen LogP contribution in [0.5, 0.6) is 0 Å². The van der Waals surface area contributed by atoms with Crippen molar-refractivity contribution in [2.45, 2.75) is 19.9 Å². The fourth-order valence-electron chi connectivity index (χ4n) is 1.73. The van der Waals surface area contributed by atoms with Crippen molar-refractivity contribution < 1.29 is 4.79 Å². The van der Waals surface area contributed by atoms with Gasteiger partial charge in [0.2, 0.25) is 0 Å². The number of carbonyl (C=O) groups is 1. The first-order valence-electron chi connectivity index (χ1n) is 5.72. The lowest BCUT2D eigenvalue weighted by Gasteiger charge is -2.28. The van der Waals surface area contributed by atoms with Crippen molar-refractivity contribution in [2.75, 3.05) is 20.6 Å². The number of nitrogens with one attached hydrogen (secondary N) is 1. The molecule has 5 heteroatoms. The SMILES string of the molecule is CC(C)[C@@H](CNC(=O)c1cncnc1)N(C)C. The Labute approximate surface area is 102 Å². The number of rotatable bonds is 5. The van der Waals surface area contributed by atoms with E-state index in [0.29, 0.717) is 24.1 Å². The van der Waals surface area contributed by atoms with Crippen LogP contribution in [0.4, 0.5) is 0 Å². The van der Waals surface area contributed by atoms with Crippen molar-refractivity contribution >= 4 is 5.91 Å². The largest absolute Gasteiger partial charge is 0.350 e. The summed E-state index contributed by atoms with van der Waals surface area (Å²) in [6.45, 7) is 4.91. The van der Waals surface area contributed by atoms with E-state index in [2.05, 4.69) is 34.0 Å². The number of hydrogen-bond donors (Lipinski definition) is 1. The minimum atomic E-state index is -0.127. The van der Waals surface area contributed by atoms with E-state index in [4.69, 9.17) is 0 Å². The van der Waals surface area contributed by atoms with E-state index in [1.807, 2.05) is 14.1 Å². The monoisotopic (exact) mass is 236 g/mol. The van der Waals surface area contributed by atoms with Gasteiger partial charge in [-0.25, -0.2) is 9.97 Å². The highest BCUT2D eigenvalue weighted by molar-refractivity contribution is 5.93. The predicted octanol–water partition coefficient (Wildman–Crippen LogP) is 0.793. The Balaban J connectivity index is 2.53. The molecule has 1 N–H and O–H groups in total. The summed E-state index contributed by atoms with van der Waals surface area (Å²) in [4.78, 5) is 21.5. The molecule has 0 aliphatic heterocycles. The predicted molar refractivity (Wildman–Crippen MR) is 66.7 cm³/mol. The molecule has 1 rings (SSSR count). The zero-order valence-corrected chi connectivity index (χ0v) is 10.8. The number of carbonyl (C=O) groups excluding carboxylic acids is 1. The maximum absolute atomic E-state index is 11.8. The maximum Gasteiger partial charge on any atom is 0.254 e. The lowest BCUT2D eigenvalue weighted by atomic mass is 10.0. The normalized spacial score (nSPS) is 12.8. The smallest absolute Gasteiger partial charge is 0.254 e. The summed E-state index contributed by atoms with van der Waals surface area (Å²) >= 11 is 0. The molecule has 0 spiro atoms. The summed E-state index contributed by atoms with van der Waals surface area (Å²) in [6, 6.07) is 0.323. The molecule has 17 heavy (non-hydrogen) atoms. The molecular weight excluding hydrogens is 216 g/mol. The topological polar surface area (TPSA) is 58.1 Å². The lowest BCUT2D eigenvalue weighted by Crippen LogP contribution is -2.43. The molecule has 1 atom stereocenters. The molecule has 94 valence electrons. The Kier molecular flexibility index (Phi) is 5.03. The van der Waals surface area contributed by atoms with Gasteiger partial charge < -0.3 is 10.2 Å². The van der Waals surface area contributed by atoms with Crippen molar-refractivity contribution in [1.29, 1.82) is 0 Å². The molecule has 0 saturated carbocycles. The number of nitrogens with zero attached hydrogens (tertiary/aromatic N) is 3. The van der Waals surface area contributed by atoms with E-state index in [9.17, 15) is 4.79 Å². The van der Waals surface area contributed by atoms with Gasteiger partial charge in [0.15, 0.2) is 0 Å². The Hall–Kier alpha value is -1.49. The standard InChI is InChI=1S/C12H20N4O/c1-9(2)11(16(3)4)7-15-12(17)10-5-13-8-14-6-10/h5-6,8-9,11H,7H2,1-4H3,(H,15,17)/t11-/m1/s1. The van der Waals surface area contributed by atoms with Crippen LogP contribution in [0.3, 0.4) is 0 Å².